The topological polar surface area (TPSA) is 24.5 Å². The first kappa shape index (κ1) is 15.8. The molecule has 0 amide bonds. The second-order valence-electron chi connectivity index (χ2n) is 7.99. The zero-order valence-corrected chi connectivity index (χ0v) is 14.4. The monoisotopic (exact) mass is 302 g/mol. The third kappa shape index (κ3) is 3.31. The number of nitrogens with one attached hydrogen (secondary N) is 1. The molecule has 1 aromatic rings. The van der Waals surface area contributed by atoms with E-state index >= 15 is 0 Å². The Morgan fingerprint density at radius 1 is 1.32 bits per heavy atom. The molecule has 3 nitrogen and oxygen atoms in total. The number of ether oxygens (including phenoxy) is 1. The Morgan fingerprint density at radius 3 is 2.86 bits per heavy atom. The summed E-state index contributed by atoms with van der Waals surface area (Å²) >= 11 is 0. The van der Waals surface area contributed by atoms with Gasteiger partial charge < -0.3 is 4.74 Å². The summed E-state index contributed by atoms with van der Waals surface area (Å²) in [5.41, 5.74) is 1.69. The van der Waals surface area contributed by atoms with Crippen LogP contribution in [0.15, 0.2) is 24.3 Å². The molecule has 3 rings (SSSR count). The number of benzene rings is 1. The molecule has 22 heavy (non-hydrogen) atoms. The van der Waals surface area contributed by atoms with Gasteiger partial charge in [0.15, 0.2) is 0 Å². The number of hydrogen-bond acceptors (Lipinski definition) is 3. The van der Waals surface area contributed by atoms with Crippen LogP contribution >= 0.6 is 0 Å². The van der Waals surface area contributed by atoms with Gasteiger partial charge in [-0.1, -0.05) is 32.9 Å². The van der Waals surface area contributed by atoms with Gasteiger partial charge in [-0.3, -0.25) is 10.2 Å². The fourth-order valence-corrected chi connectivity index (χ4v) is 4.00. The zero-order valence-electron chi connectivity index (χ0n) is 14.4. The number of hydrogen-bond donors (Lipinski definition) is 1. The van der Waals surface area contributed by atoms with Gasteiger partial charge in [-0.15, -0.1) is 0 Å². The molecule has 0 aromatic heterocycles. The van der Waals surface area contributed by atoms with E-state index in [1.165, 1.54) is 31.4 Å². The molecule has 1 N–H and O–H groups in total. The Balaban J connectivity index is 1.71. The summed E-state index contributed by atoms with van der Waals surface area (Å²) in [6.45, 7) is 9.28. The molecular formula is C19H30N2O. The van der Waals surface area contributed by atoms with Crippen molar-refractivity contribution in [3.8, 4) is 5.75 Å². The summed E-state index contributed by atoms with van der Waals surface area (Å²) in [4.78, 5) is 2.63. The molecule has 0 bridgehead atoms. The second-order valence-corrected chi connectivity index (χ2v) is 7.99. The van der Waals surface area contributed by atoms with E-state index < -0.39 is 0 Å². The van der Waals surface area contributed by atoms with Crippen molar-refractivity contribution in [2.45, 2.75) is 58.8 Å². The van der Waals surface area contributed by atoms with Gasteiger partial charge in [0, 0.05) is 19.1 Å². The highest BCUT2D eigenvalue weighted by molar-refractivity contribution is 5.28. The van der Waals surface area contributed by atoms with E-state index in [1.54, 1.807) is 7.11 Å². The minimum Gasteiger partial charge on any atom is -0.497 e. The van der Waals surface area contributed by atoms with Crippen molar-refractivity contribution >= 4 is 0 Å². The van der Waals surface area contributed by atoms with Crippen LogP contribution in [0.2, 0.25) is 0 Å². The van der Waals surface area contributed by atoms with E-state index in [0.717, 1.165) is 18.2 Å². The molecule has 0 aliphatic carbocycles. The van der Waals surface area contributed by atoms with Crippen molar-refractivity contribution in [3.63, 3.8) is 0 Å². The Kier molecular flexibility index (Phi) is 4.47. The minimum atomic E-state index is 0.346. The molecule has 2 aliphatic rings. The van der Waals surface area contributed by atoms with Crippen LogP contribution in [0.1, 0.15) is 45.6 Å². The van der Waals surface area contributed by atoms with E-state index in [0.29, 0.717) is 17.6 Å². The lowest BCUT2D eigenvalue weighted by Crippen LogP contribution is -2.51. The summed E-state index contributed by atoms with van der Waals surface area (Å²) in [6.07, 6.45) is 4.56. The number of likely N-dealkylation sites (tertiary alicyclic amines) is 1. The van der Waals surface area contributed by atoms with Crippen LogP contribution < -0.4 is 10.1 Å². The molecule has 3 atom stereocenters. The number of rotatable bonds is 3. The Morgan fingerprint density at radius 2 is 2.14 bits per heavy atom. The molecule has 2 saturated heterocycles. The SMILES string of the molecule is COc1cccc(CN2CCCC3CC(C(C)(C)C)NC32)c1. The summed E-state index contributed by atoms with van der Waals surface area (Å²) in [5, 5.41) is 3.93. The lowest BCUT2D eigenvalue weighted by atomic mass is 9.83. The minimum absolute atomic E-state index is 0.346. The molecule has 1 aromatic carbocycles. The molecular weight excluding hydrogens is 272 g/mol. The first-order chi connectivity index (χ1) is 10.5. The number of methoxy groups -OCH3 is 1. The molecule has 0 saturated carbocycles. The lowest BCUT2D eigenvalue weighted by Gasteiger charge is -2.38. The van der Waals surface area contributed by atoms with Gasteiger partial charge in [0.25, 0.3) is 0 Å². The predicted octanol–water partition coefficient (Wildman–Crippen LogP) is 3.64. The van der Waals surface area contributed by atoms with Gasteiger partial charge in [0.1, 0.15) is 5.75 Å². The van der Waals surface area contributed by atoms with Gasteiger partial charge in [-0.2, -0.15) is 0 Å². The lowest BCUT2D eigenvalue weighted by molar-refractivity contribution is 0.0884. The van der Waals surface area contributed by atoms with E-state index in [1.807, 2.05) is 6.07 Å². The van der Waals surface area contributed by atoms with E-state index in [2.05, 4.69) is 49.2 Å². The molecule has 2 fully saturated rings. The molecule has 0 radical (unpaired) electrons. The summed E-state index contributed by atoms with van der Waals surface area (Å²) < 4.78 is 5.36. The average Bonchev–Trinajstić information content (AvgIpc) is 2.93. The predicted molar refractivity (Wildman–Crippen MR) is 90.9 cm³/mol. The van der Waals surface area contributed by atoms with Crippen molar-refractivity contribution in [1.29, 1.82) is 0 Å². The maximum absolute atomic E-state index is 5.36. The fourth-order valence-electron chi connectivity index (χ4n) is 4.00. The smallest absolute Gasteiger partial charge is 0.119 e. The van der Waals surface area contributed by atoms with Crippen LogP contribution in [0, 0.1) is 11.3 Å². The molecule has 2 heterocycles. The van der Waals surface area contributed by atoms with Crippen LogP contribution in [0.4, 0.5) is 0 Å². The molecule has 3 heteroatoms. The zero-order chi connectivity index (χ0) is 15.7. The third-order valence-corrected chi connectivity index (χ3v) is 5.34. The van der Waals surface area contributed by atoms with Crippen molar-refractivity contribution in [3.05, 3.63) is 29.8 Å². The number of piperidine rings is 1. The third-order valence-electron chi connectivity index (χ3n) is 5.34. The Bertz CT molecular complexity index is 508. The van der Waals surface area contributed by atoms with E-state index in [9.17, 15) is 0 Å². The highest BCUT2D eigenvalue weighted by atomic mass is 16.5. The summed E-state index contributed by atoms with van der Waals surface area (Å²) in [7, 11) is 1.74. The average molecular weight is 302 g/mol. The summed E-state index contributed by atoms with van der Waals surface area (Å²) in [5.74, 6) is 1.77. The van der Waals surface area contributed by atoms with Gasteiger partial charge in [0.2, 0.25) is 0 Å². The van der Waals surface area contributed by atoms with E-state index in [4.69, 9.17) is 4.74 Å². The highest BCUT2D eigenvalue weighted by Crippen LogP contribution is 2.38. The van der Waals surface area contributed by atoms with Crippen LogP contribution in [0.3, 0.4) is 0 Å². The van der Waals surface area contributed by atoms with Crippen LogP contribution in [0.5, 0.6) is 5.75 Å². The quantitative estimate of drug-likeness (QED) is 0.922. The fraction of sp³-hybridized carbons (Fsp3) is 0.684. The highest BCUT2D eigenvalue weighted by Gasteiger charge is 2.43. The molecule has 0 spiro atoms. The van der Waals surface area contributed by atoms with Crippen molar-refractivity contribution in [2.75, 3.05) is 13.7 Å². The van der Waals surface area contributed by atoms with Crippen LogP contribution in [-0.2, 0) is 6.54 Å². The maximum atomic E-state index is 5.36. The van der Waals surface area contributed by atoms with Gasteiger partial charge in [-0.25, -0.2) is 0 Å². The molecule has 2 aliphatic heterocycles. The number of fused-ring (bicyclic) bond motifs is 1. The van der Waals surface area contributed by atoms with Crippen molar-refractivity contribution in [2.24, 2.45) is 11.3 Å². The van der Waals surface area contributed by atoms with E-state index in [-0.39, 0.29) is 0 Å². The van der Waals surface area contributed by atoms with Gasteiger partial charge in [0.05, 0.1) is 13.3 Å². The number of nitrogens with zero attached hydrogens (tertiary/aromatic N) is 1. The largest absolute Gasteiger partial charge is 0.497 e. The molecule has 3 unspecified atom stereocenters. The second kappa shape index (κ2) is 6.21. The first-order valence-electron chi connectivity index (χ1n) is 8.60. The van der Waals surface area contributed by atoms with Crippen LogP contribution in [-0.4, -0.2) is 30.8 Å². The summed E-state index contributed by atoms with van der Waals surface area (Å²) in [6, 6.07) is 9.12. The van der Waals surface area contributed by atoms with Gasteiger partial charge in [-0.05, 0) is 48.3 Å². The maximum Gasteiger partial charge on any atom is 0.119 e. The first-order valence-corrected chi connectivity index (χ1v) is 8.60. The van der Waals surface area contributed by atoms with Crippen LogP contribution in [0.25, 0.3) is 0 Å². The van der Waals surface area contributed by atoms with Crippen molar-refractivity contribution in [1.82, 2.24) is 10.2 Å². The molecule has 122 valence electrons. The Hall–Kier alpha value is -1.06. The normalized spacial score (nSPS) is 29.4. The van der Waals surface area contributed by atoms with Crippen molar-refractivity contribution < 1.29 is 4.74 Å². The van der Waals surface area contributed by atoms with Gasteiger partial charge >= 0.3 is 0 Å². The Labute approximate surface area is 135 Å². The standard InChI is InChI=1S/C19H30N2O/c1-19(2,3)17-12-15-8-6-10-21(18(15)20-17)13-14-7-5-9-16(11-14)22-4/h5,7,9,11,15,17-18,20H,6,8,10,12-13H2,1-4H3.